The van der Waals surface area contributed by atoms with Crippen molar-refractivity contribution in [2.24, 2.45) is 0 Å². The standard InChI is InChI=1S/C30H26N4O2/c1-20-9-12-23(13-10-20)29-32-28(33-34(29)27-18-11-21(2)19-22(27)3)30(35)31-24-14-16-26(17-15-24)36-25-7-5-4-6-8-25/h4-19H,1-3H3,(H,31,35). The summed E-state index contributed by atoms with van der Waals surface area (Å²) >= 11 is 0. The van der Waals surface area contributed by atoms with E-state index in [0.29, 0.717) is 17.3 Å². The highest BCUT2D eigenvalue weighted by Crippen LogP contribution is 2.26. The SMILES string of the molecule is Cc1ccc(-c2nc(C(=O)Nc3ccc(Oc4ccccc4)cc3)nn2-c2ccc(C)cc2C)cc1. The lowest BCUT2D eigenvalue weighted by Crippen LogP contribution is -2.14. The molecule has 4 aromatic carbocycles. The lowest BCUT2D eigenvalue weighted by atomic mass is 10.1. The van der Waals surface area contributed by atoms with Gasteiger partial charge in [0.25, 0.3) is 5.91 Å². The van der Waals surface area contributed by atoms with Gasteiger partial charge in [-0.1, -0.05) is 65.7 Å². The van der Waals surface area contributed by atoms with Gasteiger partial charge in [0.2, 0.25) is 5.82 Å². The van der Waals surface area contributed by atoms with E-state index in [1.54, 1.807) is 16.8 Å². The first kappa shape index (κ1) is 23.1. The second-order valence-electron chi connectivity index (χ2n) is 8.72. The average Bonchev–Trinajstić information content (AvgIpc) is 3.32. The van der Waals surface area contributed by atoms with Crippen LogP contribution in [0.15, 0.2) is 97.1 Å². The van der Waals surface area contributed by atoms with Gasteiger partial charge in [-0.3, -0.25) is 4.79 Å². The molecule has 0 saturated carbocycles. The third-order valence-corrected chi connectivity index (χ3v) is 5.79. The number of hydrogen-bond donors (Lipinski definition) is 1. The Morgan fingerprint density at radius 3 is 2.14 bits per heavy atom. The number of aryl methyl sites for hydroxylation is 3. The first-order valence-electron chi connectivity index (χ1n) is 11.7. The second kappa shape index (κ2) is 9.88. The number of carbonyl (C=O) groups excluding carboxylic acids is 1. The number of para-hydroxylation sites is 1. The van der Waals surface area contributed by atoms with E-state index in [1.165, 1.54) is 0 Å². The van der Waals surface area contributed by atoms with E-state index in [1.807, 2.05) is 99.6 Å². The number of nitrogens with zero attached hydrogens (tertiary/aromatic N) is 3. The molecule has 1 amide bonds. The molecule has 36 heavy (non-hydrogen) atoms. The number of ether oxygens (including phenoxy) is 1. The summed E-state index contributed by atoms with van der Waals surface area (Å²) in [4.78, 5) is 17.8. The number of benzene rings is 4. The van der Waals surface area contributed by atoms with Crippen molar-refractivity contribution in [3.8, 4) is 28.6 Å². The molecule has 1 aromatic heterocycles. The van der Waals surface area contributed by atoms with E-state index >= 15 is 0 Å². The zero-order chi connectivity index (χ0) is 25.1. The van der Waals surface area contributed by atoms with E-state index in [-0.39, 0.29) is 11.7 Å². The Hall–Kier alpha value is -4.71. The summed E-state index contributed by atoms with van der Waals surface area (Å²) in [6.45, 7) is 6.11. The summed E-state index contributed by atoms with van der Waals surface area (Å²) in [5.74, 6) is 1.75. The Labute approximate surface area is 210 Å². The van der Waals surface area contributed by atoms with E-state index in [4.69, 9.17) is 4.74 Å². The summed E-state index contributed by atoms with van der Waals surface area (Å²) in [6, 6.07) is 30.9. The van der Waals surface area contributed by atoms with Crippen LogP contribution in [0.3, 0.4) is 0 Å². The Bertz CT molecular complexity index is 1510. The summed E-state index contributed by atoms with van der Waals surface area (Å²) in [7, 11) is 0. The van der Waals surface area contributed by atoms with Crippen molar-refractivity contribution in [1.82, 2.24) is 14.8 Å². The van der Waals surface area contributed by atoms with Crippen LogP contribution in [0.4, 0.5) is 5.69 Å². The molecule has 6 heteroatoms. The Balaban J connectivity index is 1.42. The number of anilines is 1. The molecule has 178 valence electrons. The largest absolute Gasteiger partial charge is 0.457 e. The minimum atomic E-state index is -0.386. The van der Waals surface area contributed by atoms with Crippen molar-refractivity contribution in [3.05, 3.63) is 120 Å². The van der Waals surface area contributed by atoms with Crippen LogP contribution in [0.25, 0.3) is 17.1 Å². The zero-order valence-electron chi connectivity index (χ0n) is 20.4. The molecule has 0 saturated heterocycles. The Morgan fingerprint density at radius 2 is 1.44 bits per heavy atom. The normalized spacial score (nSPS) is 10.8. The first-order valence-corrected chi connectivity index (χ1v) is 11.7. The molecule has 0 aliphatic carbocycles. The van der Waals surface area contributed by atoms with Crippen LogP contribution >= 0.6 is 0 Å². The summed E-state index contributed by atoms with van der Waals surface area (Å²) < 4.78 is 7.57. The molecule has 0 radical (unpaired) electrons. The van der Waals surface area contributed by atoms with Crippen LogP contribution in [0.5, 0.6) is 11.5 Å². The molecular formula is C30H26N4O2. The van der Waals surface area contributed by atoms with Gasteiger partial charge in [-0.2, -0.15) is 0 Å². The van der Waals surface area contributed by atoms with Gasteiger partial charge in [-0.15, -0.1) is 5.10 Å². The fourth-order valence-electron chi connectivity index (χ4n) is 3.93. The van der Waals surface area contributed by atoms with Crippen LogP contribution in [0, 0.1) is 20.8 Å². The second-order valence-corrected chi connectivity index (χ2v) is 8.72. The van der Waals surface area contributed by atoms with Crippen LogP contribution in [-0.2, 0) is 0 Å². The first-order chi connectivity index (χ1) is 17.5. The molecule has 0 fully saturated rings. The number of aromatic nitrogens is 3. The van der Waals surface area contributed by atoms with Gasteiger partial charge in [-0.25, -0.2) is 9.67 Å². The maximum atomic E-state index is 13.1. The summed E-state index contributed by atoms with van der Waals surface area (Å²) in [6.07, 6.45) is 0. The molecule has 0 bridgehead atoms. The average molecular weight is 475 g/mol. The maximum Gasteiger partial charge on any atom is 0.295 e. The van der Waals surface area contributed by atoms with Crippen LogP contribution < -0.4 is 10.1 Å². The van der Waals surface area contributed by atoms with Gasteiger partial charge in [-0.05, 0) is 68.8 Å². The molecular weight excluding hydrogens is 448 g/mol. The predicted octanol–water partition coefficient (Wildman–Crippen LogP) is 6.90. The molecule has 0 aliphatic heterocycles. The van der Waals surface area contributed by atoms with Gasteiger partial charge < -0.3 is 10.1 Å². The molecule has 1 heterocycles. The lowest BCUT2D eigenvalue weighted by Gasteiger charge is -2.10. The molecule has 0 unspecified atom stereocenters. The minimum absolute atomic E-state index is 0.0927. The fourth-order valence-corrected chi connectivity index (χ4v) is 3.93. The third kappa shape index (κ3) is 5.03. The van der Waals surface area contributed by atoms with Crippen LogP contribution in [0.1, 0.15) is 27.3 Å². The van der Waals surface area contributed by atoms with Gasteiger partial charge in [0.15, 0.2) is 5.82 Å². The zero-order valence-corrected chi connectivity index (χ0v) is 20.4. The number of carbonyl (C=O) groups is 1. The summed E-state index contributed by atoms with van der Waals surface area (Å²) in [5, 5.41) is 7.50. The highest BCUT2D eigenvalue weighted by molar-refractivity contribution is 6.01. The molecule has 6 nitrogen and oxygen atoms in total. The van der Waals surface area contributed by atoms with Crippen molar-refractivity contribution < 1.29 is 9.53 Å². The Kier molecular flexibility index (Phi) is 6.33. The summed E-state index contributed by atoms with van der Waals surface area (Å²) in [5.41, 5.74) is 5.74. The molecule has 0 spiro atoms. The number of amides is 1. The van der Waals surface area contributed by atoms with Crippen LogP contribution in [-0.4, -0.2) is 20.7 Å². The Morgan fingerprint density at radius 1 is 0.778 bits per heavy atom. The van der Waals surface area contributed by atoms with Crippen molar-refractivity contribution in [3.63, 3.8) is 0 Å². The molecule has 0 atom stereocenters. The van der Waals surface area contributed by atoms with Gasteiger partial charge in [0.1, 0.15) is 11.5 Å². The van der Waals surface area contributed by atoms with E-state index in [0.717, 1.165) is 33.7 Å². The number of rotatable bonds is 6. The quantitative estimate of drug-likeness (QED) is 0.290. The highest BCUT2D eigenvalue weighted by Gasteiger charge is 2.20. The minimum Gasteiger partial charge on any atom is -0.457 e. The van der Waals surface area contributed by atoms with Crippen molar-refractivity contribution in [2.45, 2.75) is 20.8 Å². The molecule has 5 aromatic rings. The molecule has 1 N–H and O–H groups in total. The van der Waals surface area contributed by atoms with E-state index < -0.39 is 0 Å². The maximum absolute atomic E-state index is 13.1. The van der Waals surface area contributed by atoms with E-state index in [9.17, 15) is 4.79 Å². The number of nitrogens with one attached hydrogen (secondary N) is 1. The van der Waals surface area contributed by atoms with Gasteiger partial charge >= 0.3 is 0 Å². The number of hydrogen-bond acceptors (Lipinski definition) is 4. The van der Waals surface area contributed by atoms with Crippen molar-refractivity contribution >= 4 is 11.6 Å². The smallest absolute Gasteiger partial charge is 0.295 e. The molecule has 0 aliphatic rings. The third-order valence-electron chi connectivity index (χ3n) is 5.79. The fraction of sp³-hybridized carbons (Fsp3) is 0.100. The van der Waals surface area contributed by atoms with Gasteiger partial charge in [0.05, 0.1) is 5.69 Å². The predicted molar refractivity (Wildman–Crippen MR) is 142 cm³/mol. The topological polar surface area (TPSA) is 69.0 Å². The van der Waals surface area contributed by atoms with Gasteiger partial charge in [0, 0.05) is 11.3 Å². The van der Waals surface area contributed by atoms with Crippen molar-refractivity contribution in [2.75, 3.05) is 5.32 Å². The molecule has 5 rings (SSSR count). The lowest BCUT2D eigenvalue weighted by molar-refractivity contribution is 0.101. The van der Waals surface area contributed by atoms with Crippen LogP contribution in [0.2, 0.25) is 0 Å². The van der Waals surface area contributed by atoms with Crippen molar-refractivity contribution in [1.29, 1.82) is 0 Å². The monoisotopic (exact) mass is 474 g/mol. The van der Waals surface area contributed by atoms with E-state index in [2.05, 4.69) is 21.5 Å². The highest BCUT2D eigenvalue weighted by atomic mass is 16.5.